The van der Waals surface area contributed by atoms with Crippen LogP contribution in [0, 0.1) is 0 Å². The smallest absolute Gasteiger partial charge is 0.0641 e. The molecule has 0 unspecified atom stereocenters. The van der Waals surface area contributed by atoms with Crippen LogP contribution < -0.4 is 9.80 Å². The molecule has 0 saturated heterocycles. The van der Waals surface area contributed by atoms with E-state index in [2.05, 4.69) is 313 Å². The van der Waals surface area contributed by atoms with Gasteiger partial charge in [0, 0.05) is 65.8 Å². The molecule has 0 saturated carbocycles. The number of para-hydroxylation sites is 2. The standard InChI is InChI=1S/C80H58N4/c1-49(2)51-29-35-59(36-30-51)81(57-21-7-5-8-22-57)71-43-41-65-69-47-76-70(48-75(69)83-73-45-55(33-39-67(73)77(71)79(65)83)63-27-15-19-53-17-11-13-25-61(53)63)66-42-44-72(82(58-23-9-6-10-24-58)60-37-31-52(32-38-60)50(3)4)78-68-40-34-56(46-74(68)84(76)80(66)78)64-28-16-20-54-18-12-14-26-62(54)64/h5-50H,1-4H3. The molecule has 4 heteroatoms. The monoisotopic (exact) mass is 1070 g/mol. The number of benzene rings is 13. The maximum Gasteiger partial charge on any atom is 0.0641 e. The predicted octanol–water partition coefficient (Wildman–Crippen LogP) is 22.8. The molecule has 0 spiro atoms. The van der Waals surface area contributed by atoms with Crippen LogP contribution in [0.1, 0.15) is 50.7 Å². The molecule has 13 aromatic carbocycles. The van der Waals surface area contributed by atoms with Crippen molar-refractivity contribution < 1.29 is 0 Å². The molecular weight excluding hydrogens is 1020 g/mol. The molecule has 0 bridgehead atoms. The third-order valence-electron chi connectivity index (χ3n) is 18.3. The number of rotatable bonds is 10. The van der Waals surface area contributed by atoms with E-state index in [0.29, 0.717) is 11.8 Å². The Kier molecular flexibility index (Phi) is 10.7. The number of nitrogens with zero attached hydrogens (tertiary/aromatic N) is 4. The Hall–Kier alpha value is -10.4. The lowest BCUT2D eigenvalue weighted by atomic mass is 9.96. The summed E-state index contributed by atoms with van der Waals surface area (Å²) in [5.74, 6) is 0.853. The average Bonchev–Trinajstić information content (AvgIpc) is 1.63. The number of anilines is 6. The average molecular weight is 1080 g/mol. The Morgan fingerprint density at radius 3 is 1.05 bits per heavy atom. The molecule has 0 aliphatic heterocycles. The van der Waals surface area contributed by atoms with Gasteiger partial charge < -0.3 is 18.6 Å². The van der Waals surface area contributed by atoms with Crippen LogP contribution in [0.3, 0.4) is 0 Å². The summed E-state index contributed by atoms with van der Waals surface area (Å²) in [5, 5.41) is 14.8. The van der Waals surface area contributed by atoms with Crippen molar-refractivity contribution in [2.45, 2.75) is 39.5 Å². The largest absolute Gasteiger partial charge is 0.310 e. The Morgan fingerprint density at radius 1 is 0.274 bits per heavy atom. The van der Waals surface area contributed by atoms with E-state index >= 15 is 0 Å². The predicted molar refractivity (Wildman–Crippen MR) is 359 cm³/mol. The van der Waals surface area contributed by atoms with Crippen LogP contribution in [-0.4, -0.2) is 8.80 Å². The molecule has 0 N–H and O–H groups in total. The minimum Gasteiger partial charge on any atom is -0.310 e. The summed E-state index contributed by atoms with van der Waals surface area (Å²) in [4.78, 5) is 4.94. The maximum atomic E-state index is 2.60. The molecule has 17 rings (SSSR count). The van der Waals surface area contributed by atoms with Gasteiger partial charge in [0.1, 0.15) is 0 Å². The summed E-state index contributed by atoms with van der Waals surface area (Å²) >= 11 is 0. The molecule has 0 aliphatic carbocycles. The summed E-state index contributed by atoms with van der Waals surface area (Å²) in [6.45, 7) is 9.07. The van der Waals surface area contributed by atoms with Gasteiger partial charge in [0.15, 0.2) is 0 Å². The van der Waals surface area contributed by atoms with E-state index in [1.165, 1.54) is 131 Å². The van der Waals surface area contributed by atoms with Crippen molar-refractivity contribution in [2.24, 2.45) is 0 Å². The van der Waals surface area contributed by atoms with Gasteiger partial charge in [-0.1, -0.05) is 210 Å². The molecule has 17 aromatic rings. The van der Waals surface area contributed by atoms with Crippen LogP contribution in [0.2, 0.25) is 0 Å². The first-order valence-electron chi connectivity index (χ1n) is 29.6. The highest BCUT2D eigenvalue weighted by atomic mass is 15.2. The van der Waals surface area contributed by atoms with Crippen LogP contribution in [0.15, 0.2) is 267 Å². The Labute approximate surface area is 487 Å². The van der Waals surface area contributed by atoms with Gasteiger partial charge in [-0.15, -0.1) is 0 Å². The minimum atomic E-state index is 0.427. The van der Waals surface area contributed by atoms with Crippen molar-refractivity contribution in [2.75, 3.05) is 9.80 Å². The zero-order chi connectivity index (χ0) is 55.9. The zero-order valence-corrected chi connectivity index (χ0v) is 47.3. The van der Waals surface area contributed by atoms with Crippen molar-refractivity contribution in [3.05, 3.63) is 278 Å². The van der Waals surface area contributed by atoms with E-state index in [1.54, 1.807) is 0 Å². The quantitative estimate of drug-likeness (QED) is 0.136. The molecule has 398 valence electrons. The van der Waals surface area contributed by atoms with Gasteiger partial charge in [0.05, 0.1) is 44.5 Å². The van der Waals surface area contributed by atoms with Crippen LogP contribution in [0.25, 0.3) is 120 Å². The van der Waals surface area contributed by atoms with Gasteiger partial charge >= 0.3 is 0 Å². The molecule has 4 heterocycles. The number of fused-ring (bicyclic) bond motifs is 14. The molecule has 0 atom stereocenters. The molecule has 0 amide bonds. The third kappa shape index (κ3) is 7.13. The van der Waals surface area contributed by atoms with Crippen LogP contribution in [-0.2, 0) is 0 Å². The van der Waals surface area contributed by atoms with Crippen LogP contribution in [0.5, 0.6) is 0 Å². The van der Waals surface area contributed by atoms with Gasteiger partial charge in [-0.3, -0.25) is 0 Å². The Bertz CT molecular complexity index is 5070. The molecule has 0 radical (unpaired) electrons. The summed E-state index contributed by atoms with van der Waals surface area (Å²) in [5.41, 5.74) is 21.5. The number of aromatic nitrogens is 2. The van der Waals surface area contributed by atoms with E-state index < -0.39 is 0 Å². The Morgan fingerprint density at radius 2 is 0.631 bits per heavy atom. The number of hydrogen-bond acceptors (Lipinski definition) is 2. The summed E-state index contributed by atoms with van der Waals surface area (Å²) in [7, 11) is 0. The first-order chi connectivity index (χ1) is 41.3. The molecular formula is C80H58N4. The van der Waals surface area contributed by atoms with Gasteiger partial charge in [0.2, 0.25) is 0 Å². The molecule has 0 aliphatic rings. The topological polar surface area (TPSA) is 15.3 Å². The van der Waals surface area contributed by atoms with Crippen LogP contribution in [0.4, 0.5) is 34.1 Å². The molecule has 0 fully saturated rings. The SMILES string of the molecule is CC(C)c1ccc(N(c2ccccc2)c2ccc3c4cc5c(cc4n4c6cc(-c7cccc8ccccc78)ccc6c2c34)c2ccc(N(c3ccccc3)c3ccc(C(C)C)cc3)c3c4ccc(-c6cccc7ccccc67)cc4n5c23)cc1. The second-order valence-electron chi connectivity index (χ2n) is 23.6. The maximum absolute atomic E-state index is 2.60. The first kappa shape index (κ1) is 48.3. The van der Waals surface area contributed by atoms with Crippen molar-refractivity contribution in [1.82, 2.24) is 8.80 Å². The second kappa shape index (κ2) is 18.6. The van der Waals surface area contributed by atoms with Crippen molar-refractivity contribution in [1.29, 1.82) is 0 Å². The first-order valence-corrected chi connectivity index (χ1v) is 29.6. The minimum absolute atomic E-state index is 0.427. The van der Waals surface area contributed by atoms with E-state index in [-0.39, 0.29) is 0 Å². The summed E-state index contributed by atoms with van der Waals surface area (Å²) in [6, 6.07) is 100. The van der Waals surface area contributed by atoms with E-state index in [4.69, 9.17) is 0 Å². The van der Waals surface area contributed by atoms with Crippen molar-refractivity contribution in [3.8, 4) is 22.3 Å². The lowest BCUT2D eigenvalue weighted by Gasteiger charge is -2.27. The highest BCUT2D eigenvalue weighted by Crippen LogP contribution is 2.52. The Balaban J connectivity index is 0.990. The number of hydrogen-bond donors (Lipinski definition) is 0. The van der Waals surface area contributed by atoms with E-state index in [0.717, 1.165) is 34.1 Å². The van der Waals surface area contributed by atoms with E-state index in [9.17, 15) is 0 Å². The fourth-order valence-corrected chi connectivity index (χ4v) is 14.3. The molecule has 4 aromatic heterocycles. The fraction of sp³-hybridized carbons (Fsp3) is 0.0750. The lowest BCUT2D eigenvalue weighted by molar-refractivity contribution is 0.866. The molecule has 84 heavy (non-hydrogen) atoms. The van der Waals surface area contributed by atoms with Gasteiger partial charge in [-0.2, -0.15) is 0 Å². The van der Waals surface area contributed by atoms with Gasteiger partial charge in [-0.25, -0.2) is 0 Å². The van der Waals surface area contributed by atoms with Crippen molar-refractivity contribution in [3.63, 3.8) is 0 Å². The normalized spacial score (nSPS) is 12.3. The zero-order valence-electron chi connectivity index (χ0n) is 47.3. The van der Waals surface area contributed by atoms with Crippen molar-refractivity contribution >= 4 is 132 Å². The van der Waals surface area contributed by atoms with Gasteiger partial charge in [-0.05, 0) is 152 Å². The highest BCUT2D eigenvalue weighted by molar-refractivity contribution is 6.32. The van der Waals surface area contributed by atoms with Gasteiger partial charge in [0.25, 0.3) is 0 Å². The highest BCUT2D eigenvalue weighted by Gasteiger charge is 2.29. The summed E-state index contributed by atoms with van der Waals surface area (Å²) in [6.07, 6.45) is 0. The second-order valence-corrected chi connectivity index (χ2v) is 23.6. The third-order valence-corrected chi connectivity index (χ3v) is 18.3. The fourth-order valence-electron chi connectivity index (χ4n) is 14.3. The summed E-state index contributed by atoms with van der Waals surface area (Å²) < 4.78 is 5.21. The van der Waals surface area contributed by atoms with Crippen LogP contribution >= 0.6 is 0 Å². The lowest BCUT2D eigenvalue weighted by Crippen LogP contribution is -2.10. The molecule has 4 nitrogen and oxygen atoms in total. The van der Waals surface area contributed by atoms with E-state index in [1.807, 2.05) is 0 Å².